The lowest BCUT2D eigenvalue weighted by atomic mass is 10.2. The maximum atomic E-state index is 13.0. The van der Waals surface area contributed by atoms with E-state index in [0.29, 0.717) is 35.0 Å². The second-order valence-electron chi connectivity index (χ2n) is 5.87. The van der Waals surface area contributed by atoms with Crippen LogP contribution in [0.3, 0.4) is 0 Å². The first-order chi connectivity index (χ1) is 13.2. The number of benzene rings is 2. The predicted octanol–water partition coefficient (Wildman–Crippen LogP) is 4.71. The van der Waals surface area contributed by atoms with Crippen molar-refractivity contribution in [2.75, 3.05) is 13.7 Å². The molecule has 0 N–H and O–H groups in total. The second-order valence-corrected chi connectivity index (χ2v) is 8.84. The van der Waals surface area contributed by atoms with Gasteiger partial charge in [0.2, 0.25) is 0 Å². The molecule has 0 radical (unpaired) electrons. The van der Waals surface area contributed by atoms with Crippen molar-refractivity contribution in [1.82, 2.24) is 14.5 Å². The summed E-state index contributed by atoms with van der Waals surface area (Å²) in [6.45, 7) is 0.919. The van der Waals surface area contributed by atoms with Gasteiger partial charge in [0, 0.05) is 11.6 Å². The fourth-order valence-corrected chi connectivity index (χ4v) is 5.12. The van der Waals surface area contributed by atoms with Gasteiger partial charge in [-0.15, -0.1) is 11.3 Å². The average molecular weight is 462 g/mol. The SMILES string of the molecule is COCCn1c(SCc2nc3ccccc3s2)nc2ccc(Br)cc2c1=O. The Kier molecular flexibility index (Phi) is 5.58. The Morgan fingerprint density at radius 3 is 2.85 bits per heavy atom. The second kappa shape index (κ2) is 8.10. The molecule has 2 aromatic heterocycles. The molecule has 4 rings (SSSR count). The highest BCUT2D eigenvalue weighted by atomic mass is 79.9. The molecular formula is C19H16BrN3O2S2. The van der Waals surface area contributed by atoms with Crippen molar-refractivity contribution in [2.45, 2.75) is 17.5 Å². The Hall–Kier alpha value is -1.74. The zero-order chi connectivity index (χ0) is 18.8. The minimum absolute atomic E-state index is 0.0508. The van der Waals surface area contributed by atoms with Gasteiger partial charge in [-0.25, -0.2) is 9.97 Å². The van der Waals surface area contributed by atoms with Crippen LogP contribution >= 0.6 is 39.0 Å². The fourth-order valence-electron chi connectivity index (χ4n) is 2.77. The molecule has 0 fully saturated rings. The zero-order valence-electron chi connectivity index (χ0n) is 14.5. The van der Waals surface area contributed by atoms with E-state index < -0.39 is 0 Å². The zero-order valence-corrected chi connectivity index (χ0v) is 17.7. The van der Waals surface area contributed by atoms with Crippen LogP contribution in [0.25, 0.3) is 21.1 Å². The van der Waals surface area contributed by atoms with Crippen molar-refractivity contribution in [3.05, 3.63) is 62.3 Å². The average Bonchev–Trinajstić information content (AvgIpc) is 3.09. The number of hydrogen-bond donors (Lipinski definition) is 0. The van der Waals surface area contributed by atoms with E-state index in [1.807, 2.05) is 36.4 Å². The summed E-state index contributed by atoms with van der Waals surface area (Å²) in [7, 11) is 1.63. The standard InChI is InChI=1S/C19H16BrN3O2S2/c1-25-9-8-23-18(24)13-10-12(20)6-7-14(13)22-19(23)26-11-17-21-15-4-2-3-5-16(15)27-17/h2-7,10H,8-9,11H2,1H3. The van der Waals surface area contributed by atoms with Crippen molar-refractivity contribution in [3.63, 3.8) is 0 Å². The molecule has 8 heteroatoms. The van der Waals surface area contributed by atoms with Crippen LogP contribution in [0, 0.1) is 0 Å². The van der Waals surface area contributed by atoms with Gasteiger partial charge >= 0.3 is 0 Å². The molecule has 4 aromatic rings. The molecule has 27 heavy (non-hydrogen) atoms. The number of para-hydroxylation sites is 1. The molecule has 5 nitrogen and oxygen atoms in total. The Morgan fingerprint density at radius 2 is 2.04 bits per heavy atom. The van der Waals surface area contributed by atoms with E-state index in [1.54, 1.807) is 23.0 Å². The number of thioether (sulfide) groups is 1. The summed E-state index contributed by atoms with van der Waals surface area (Å²) in [6.07, 6.45) is 0. The Bertz CT molecular complexity index is 1140. The van der Waals surface area contributed by atoms with Crippen LogP contribution in [0.4, 0.5) is 0 Å². The number of thiazole rings is 1. The first-order valence-corrected chi connectivity index (χ1v) is 10.9. The number of nitrogens with zero attached hydrogens (tertiary/aromatic N) is 3. The van der Waals surface area contributed by atoms with Crippen LogP contribution in [-0.2, 0) is 17.0 Å². The number of rotatable bonds is 6. The molecule has 2 aromatic carbocycles. The van der Waals surface area contributed by atoms with Crippen molar-refractivity contribution in [3.8, 4) is 0 Å². The van der Waals surface area contributed by atoms with Crippen LogP contribution in [-0.4, -0.2) is 28.3 Å². The molecule has 0 aliphatic rings. The maximum Gasteiger partial charge on any atom is 0.262 e. The first-order valence-electron chi connectivity index (χ1n) is 8.32. The van der Waals surface area contributed by atoms with Gasteiger partial charge in [-0.05, 0) is 30.3 Å². The molecule has 0 saturated carbocycles. The minimum atomic E-state index is -0.0508. The van der Waals surface area contributed by atoms with E-state index in [9.17, 15) is 4.79 Å². The van der Waals surface area contributed by atoms with Crippen LogP contribution in [0.1, 0.15) is 5.01 Å². The van der Waals surface area contributed by atoms with Gasteiger partial charge in [0.25, 0.3) is 5.56 Å². The molecule has 2 heterocycles. The van der Waals surface area contributed by atoms with Crippen molar-refractivity contribution >= 4 is 60.1 Å². The highest BCUT2D eigenvalue weighted by molar-refractivity contribution is 9.10. The Morgan fingerprint density at radius 1 is 1.19 bits per heavy atom. The summed E-state index contributed by atoms with van der Waals surface area (Å²) in [6, 6.07) is 13.7. The smallest absolute Gasteiger partial charge is 0.262 e. The molecule has 0 saturated heterocycles. The van der Waals surface area contributed by atoms with Crippen LogP contribution in [0.5, 0.6) is 0 Å². The van der Waals surface area contributed by atoms with Gasteiger partial charge in [0.15, 0.2) is 5.16 Å². The van der Waals surface area contributed by atoms with Gasteiger partial charge in [-0.2, -0.15) is 0 Å². The molecule has 0 bridgehead atoms. The summed E-state index contributed by atoms with van der Waals surface area (Å²) in [4.78, 5) is 22.4. The van der Waals surface area contributed by atoms with E-state index in [1.165, 1.54) is 16.5 Å². The van der Waals surface area contributed by atoms with Crippen LogP contribution in [0.15, 0.2) is 56.9 Å². The van der Waals surface area contributed by atoms with E-state index >= 15 is 0 Å². The van der Waals surface area contributed by atoms with E-state index in [4.69, 9.17) is 9.72 Å². The molecule has 0 amide bonds. The molecule has 0 atom stereocenters. The number of halogens is 1. The quantitative estimate of drug-likeness (QED) is 0.307. The summed E-state index contributed by atoms with van der Waals surface area (Å²) in [5, 5.41) is 2.31. The number of ether oxygens (including phenoxy) is 1. The van der Waals surface area contributed by atoms with Gasteiger partial charge < -0.3 is 4.74 Å². The molecule has 138 valence electrons. The minimum Gasteiger partial charge on any atom is -0.383 e. The monoisotopic (exact) mass is 461 g/mol. The van der Waals surface area contributed by atoms with Crippen LogP contribution < -0.4 is 5.56 Å². The lowest BCUT2D eigenvalue weighted by molar-refractivity contribution is 0.183. The molecule has 0 aliphatic heterocycles. The molecule has 0 aliphatic carbocycles. The van der Waals surface area contributed by atoms with Gasteiger partial charge in [0.05, 0.1) is 40.0 Å². The third-order valence-electron chi connectivity index (χ3n) is 4.06. The lowest BCUT2D eigenvalue weighted by Crippen LogP contribution is -2.25. The largest absolute Gasteiger partial charge is 0.383 e. The van der Waals surface area contributed by atoms with Crippen molar-refractivity contribution in [1.29, 1.82) is 0 Å². The predicted molar refractivity (Wildman–Crippen MR) is 115 cm³/mol. The van der Waals surface area contributed by atoms with Crippen LogP contribution in [0.2, 0.25) is 0 Å². The van der Waals surface area contributed by atoms with E-state index in [0.717, 1.165) is 15.0 Å². The number of fused-ring (bicyclic) bond motifs is 2. The topological polar surface area (TPSA) is 57.0 Å². The van der Waals surface area contributed by atoms with E-state index in [-0.39, 0.29) is 5.56 Å². The summed E-state index contributed by atoms with van der Waals surface area (Å²) in [5.74, 6) is 0.667. The van der Waals surface area contributed by atoms with Crippen molar-refractivity contribution < 1.29 is 4.74 Å². The summed E-state index contributed by atoms with van der Waals surface area (Å²) in [5.41, 5.74) is 1.65. The lowest BCUT2D eigenvalue weighted by Gasteiger charge is -2.12. The summed E-state index contributed by atoms with van der Waals surface area (Å²) >= 11 is 6.63. The van der Waals surface area contributed by atoms with Crippen molar-refractivity contribution in [2.24, 2.45) is 0 Å². The van der Waals surface area contributed by atoms with Gasteiger partial charge in [-0.3, -0.25) is 9.36 Å². The summed E-state index contributed by atoms with van der Waals surface area (Å²) < 4.78 is 8.90. The molecular weight excluding hydrogens is 446 g/mol. The third kappa shape index (κ3) is 3.94. The number of methoxy groups -OCH3 is 1. The first kappa shape index (κ1) is 18.6. The number of hydrogen-bond acceptors (Lipinski definition) is 6. The maximum absolute atomic E-state index is 13.0. The highest BCUT2D eigenvalue weighted by Crippen LogP contribution is 2.28. The molecule has 0 spiro atoms. The fraction of sp³-hybridized carbons (Fsp3) is 0.211. The Balaban J connectivity index is 1.70. The Labute approximate surface area is 172 Å². The highest BCUT2D eigenvalue weighted by Gasteiger charge is 2.13. The van der Waals surface area contributed by atoms with Gasteiger partial charge in [0.1, 0.15) is 5.01 Å². The third-order valence-corrected chi connectivity index (χ3v) is 6.76. The normalized spacial score (nSPS) is 11.5. The molecule has 0 unspecified atom stereocenters. The van der Waals surface area contributed by atoms with Gasteiger partial charge in [-0.1, -0.05) is 39.8 Å². The number of aromatic nitrogens is 3. The van der Waals surface area contributed by atoms with E-state index in [2.05, 4.69) is 27.0 Å².